The molecule has 19 nitrogen and oxygen atoms in total. The highest BCUT2D eigenvalue weighted by Gasteiger charge is 1.94. The SMILES string of the molecule is O.O.O.O.OB(O)O.OB(O)O.OB(O)O.OB(O)O.OB(O)O. The molecule has 0 rings (SSSR count). The molecular formula is H23B5O19. The second kappa shape index (κ2) is 49.5. The van der Waals surface area contributed by atoms with Gasteiger partial charge in [-0.3, -0.25) is 0 Å². The van der Waals surface area contributed by atoms with Crippen molar-refractivity contribution in [2.45, 2.75) is 0 Å². The van der Waals surface area contributed by atoms with Crippen molar-refractivity contribution in [1.29, 1.82) is 0 Å². The summed E-state index contributed by atoms with van der Waals surface area (Å²) in [5, 5.41) is 108. The van der Waals surface area contributed by atoms with Gasteiger partial charge < -0.3 is 97.3 Å². The molecule has 0 unspecified atom stereocenters. The van der Waals surface area contributed by atoms with Gasteiger partial charge >= 0.3 is 36.6 Å². The van der Waals surface area contributed by atoms with Gasteiger partial charge in [0.1, 0.15) is 0 Å². The average molecular weight is 381 g/mol. The topological polar surface area (TPSA) is 429 Å². The number of hydrogen-bond acceptors (Lipinski definition) is 15. The Hall–Kier alpha value is -0.435. The molecule has 0 amide bonds. The van der Waals surface area contributed by atoms with Crippen molar-refractivity contribution in [2.24, 2.45) is 0 Å². The highest BCUT2D eigenvalue weighted by molar-refractivity contribution is 6.31. The van der Waals surface area contributed by atoms with Crippen LogP contribution >= 0.6 is 0 Å². The van der Waals surface area contributed by atoms with E-state index in [4.69, 9.17) is 75.4 Å². The maximum atomic E-state index is 7.17. The molecular weight excluding hydrogens is 358 g/mol. The third kappa shape index (κ3) is 48100. The normalized spacial score (nSPS) is 5.62. The van der Waals surface area contributed by atoms with E-state index >= 15 is 0 Å². The van der Waals surface area contributed by atoms with E-state index in [1.165, 1.54) is 0 Å². The zero-order chi connectivity index (χ0) is 17.9. The van der Waals surface area contributed by atoms with E-state index in [9.17, 15) is 0 Å². The van der Waals surface area contributed by atoms with Gasteiger partial charge in [0.25, 0.3) is 0 Å². The van der Waals surface area contributed by atoms with Crippen LogP contribution in [0, 0.1) is 0 Å². The van der Waals surface area contributed by atoms with E-state index in [-0.39, 0.29) is 21.9 Å². The van der Waals surface area contributed by atoms with Crippen molar-refractivity contribution in [2.75, 3.05) is 0 Å². The van der Waals surface area contributed by atoms with E-state index in [0.717, 1.165) is 0 Å². The Labute approximate surface area is 135 Å². The van der Waals surface area contributed by atoms with Crippen molar-refractivity contribution < 1.29 is 97.3 Å². The fourth-order valence-electron chi connectivity index (χ4n) is 0. The summed E-state index contributed by atoms with van der Waals surface area (Å²) in [7, 11) is -10.8. The second-order valence-electron chi connectivity index (χ2n) is 1.73. The van der Waals surface area contributed by atoms with Crippen LogP contribution in [-0.2, 0) is 0 Å². The van der Waals surface area contributed by atoms with Gasteiger partial charge in [-0.25, -0.2) is 0 Å². The van der Waals surface area contributed by atoms with Crippen LogP contribution in [0.2, 0.25) is 0 Å². The van der Waals surface area contributed by atoms with Gasteiger partial charge in [-0.15, -0.1) is 0 Å². The van der Waals surface area contributed by atoms with Gasteiger partial charge in [0.15, 0.2) is 0 Å². The first-order chi connectivity index (χ1) is 8.66. The highest BCUT2D eigenvalue weighted by Crippen LogP contribution is 1.41. The molecule has 24 heteroatoms. The van der Waals surface area contributed by atoms with Crippen molar-refractivity contribution in [3.63, 3.8) is 0 Å². The lowest BCUT2D eigenvalue weighted by Crippen LogP contribution is -2.07. The highest BCUT2D eigenvalue weighted by atomic mass is 16.5. The zero-order valence-electron chi connectivity index (χ0n) is 11.6. The molecule has 0 aromatic heterocycles. The summed E-state index contributed by atoms with van der Waals surface area (Å²) in [6.45, 7) is 0. The smallest absolute Gasteiger partial charge is 0.412 e. The molecule has 0 saturated carbocycles. The Balaban J connectivity index is -0.0000000161. The zero-order valence-corrected chi connectivity index (χ0v) is 11.6. The van der Waals surface area contributed by atoms with Crippen molar-refractivity contribution in [3.05, 3.63) is 0 Å². The molecule has 152 valence electrons. The van der Waals surface area contributed by atoms with Gasteiger partial charge in [0, 0.05) is 0 Å². The summed E-state index contributed by atoms with van der Waals surface area (Å²) in [5.41, 5.74) is 0. The number of rotatable bonds is 0. The Morgan fingerprint density at radius 1 is 0.208 bits per heavy atom. The third-order valence-corrected chi connectivity index (χ3v) is 0. The minimum atomic E-state index is -2.17. The molecule has 0 saturated heterocycles. The second-order valence-corrected chi connectivity index (χ2v) is 1.73. The van der Waals surface area contributed by atoms with Gasteiger partial charge in [-0.2, -0.15) is 0 Å². The van der Waals surface area contributed by atoms with Crippen molar-refractivity contribution in [3.8, 4) is 0 Å². The van der Waals surface area contributed by atoms with Crippen LogP contribution in [0.1, 0.15) is 0 Å². The molecule has 0 heterocycles. The molecule has 0 aliphatic carbocycles. The first-order valence-electron chi connectivity index (χ1n) is 3.87. The van der Waals surface area contributed by atoms with Gasteiger partial charge in [-0.1, -0.05) is 0 Å². The summed E-state index contributed by atoms with van der Waals surface area (Å²) < 4.78 is 0. The maximum absolute atomic E-state index is 7.17. The average Bonchev–Trinajstić information content (AvgIpc) is 1.94. The Morgan fingerprint density at radius 3 is 0.208 bits per heavy atom. The summed E-state index contributed by atoms with van der Waals surface area (Å²) in [6, 6.07) is 0. The van der Waals surface area contributed by atoms with Crippen LogP contribution in [0.15, 0.2) is 0 Å². The molecule has 0 aliphatic heterocycles. The summed E-state index contributed by atoms with van der Waals surface area (Å²) >= 11 is 0. The lowest BCUT2D eigenvalue weighted by atomic mass is 10.3. The minimum absolute atomic E-state index is 0. The predicted molar refractivity (Wildman–Crippen MR) is 76.5 cm³/mol. The van der Waals surface area contributed by atoms with Crippen LogP contribution in [-0.4, -0.2) is 134 Å². The van der Waals surface area contributed by atoms with E-state index in [1.54, 1.807) is 0 Å². The monoisotopic (exact) mass is 382 g/mol. The molecule has 0 radical (unpaired) electrons. The largest absolute Gasteiger partial charge is 0.631 e. The molecule has 24 heavy (non-hydrogen) atoms. The molecule has 0 fully saturated rings. The first-order valence-corrected chi connectivity index (χ1v) is 3.87. The number of hydrogen-bond donors (Lipinski definition) is 15. The van der Waals surface area contributed by atoms with Crippen LogP contribution in [0.5, 0.6) is 0 Å². The Morgan fingerprint density at radius 2 is 0.208 bits per heavy atom. The fourth-order valence-corrected chi connectivity index (χ4v) is 0. The van der Waals surface area contributed by atoms with Gasteiger partial charge in [-0.05, 0) is 0 Å². The van der Waals surface area contributed by atoms with Gasteiger partial charge in [0.05, 0.1) is 0 Å². The van der Waals surface area contributed by atoms with Crippen LogP contribution in [0.4, 0.5) is 0 Å². The summed E-state index contributed by atoms with van der Waals surface area (Å²) in [6.07, 6.45) is 0. The first kappa shape index (κ1) is 56.6. The molecule has 0 bridgehead atoms. The van der Waals surface area contributed by atoms with E-state index in [1.807, 2.05) is 0 Å². The van der Waals surface area contributed by atoms with Crippen LogP contribution in [0.25, 0.3) is 0 Å². The van der Waals surface area contributed by atoms with E-state index in [2.05, 4.69) is 0 Å². The molecule has 0 aromatic rings. The van der Waals surface area contributed by atoms with Gasteiger partial charge in [0.2, 0.25) is 0 Å². The van der Waals surface area contributed by atoms with Crippen LogP contribution < -0.4 is 0 Å². The molecule has 23 N–H and O–H groups in total. The third-order valence-electron chi connectivity index (χ3n) is 0. The Bertz CT molecular complexity index is 76.3. The maximum Gasteiger partial charge on any atom is 0.631 e. The lowest BCUT2D eigenvalue weighted by Gasteiger charge is -1.69. The fraction of sp³-hybridized carbons (Fsp3) is 0. The Kier molecular flexibility index (Phi) is 117. The molecule has 0 aromatic carbocycles. The lowest BCUT2D eigenvalue weighted by molar-refractivity contribution is 0.276. The molecule has 0 atom stereocenters. The predicted octanol–water partition coefficient (Wildman–Crippen LogP) is -13.6. The summed E-state index contributed by atoms with van der Waals surface area (Å²) in [4.78, 5) is 0. The summed E-state index contributed by atoms with van der Waals surface area (Å²) in [5.74, 6) is 0. The van der Waals surface area contributed by atoms with Crippen molar-refractivity contribution >= 4 is 36.6 Å². The van der Waals surface area contributed by atoms with E-state index in [0.29, 0.717) is 0 Å². The minimum Gasteiger partial charge on any atom is -0.412 e. The molecule has 0 aliphatic rings. The van der Waals surface area contributed by atoms with Crippen molar-refractivity contribution in [1.82, 2.24) is 0 Å². The quantitative estimate of drug-likeness (QED) is 0.173. The van der Waals surface area contributed by atoms with E-state index < -0.39 is 36.6 Å². The standard InChI is InChI=1S/5BH3O3.4H2O/c5*2-1(3)4;;;;/h5*2-4H;4*1H2. The molecule has 0 spiro atoms. The van der Waals surface area contributed by atoms with Crippen LogP contribution in [0.3, 0.4) is 0 Å².